The van der Waals surface area contributed by atoms with E-state index in [1.807, 2.05) is 30.3 Å². The summed E-state index contributed by atoms with van der Waals surface area (Å²) in [4.78, 5) is 12.6. The zero-order valence-electron chi connectivity index (χ0n) is 18.5. The zero-order valence-corrected chi connectivity index (χ0v) is 20.1. The van der Waals surface area contributed by atoms with Gasteiger partial charge < -0.3 is 4.74 Å². The minimum absolute atomic E-state index is 0.296. The van der Waals surface area contributed by atoms with Crippen LogP contribution in [0.15, 0.2) is 102 Å². The van der Waals surface area contributed by atoms with Crippen molar-refractivity contribution in [2.75, 3.05) is 0 Å². The van der Waals surface area contributed by atoms with Gasteiger partial charge >= 0.3 is 0 Å². The van der Waals surface area contributed by atoms with Crippen molar-refractivity contribution in [1.82, 2.24) is 5.43 Å². The van der Waals surface area contributed by atoms with E-state index in [0.29, 0.717) is 28.0 Å². The first kappa shape index (κ1) is 22.9. The van der Waals surface area contributed by atoms with Crippen molar-refractivity contribution < 1.29 is 9.53 Å². The number of nitrogens with zero attached hydrogens (tertiary/aromatic N) is 1. The Morgan fingerprint density at radius 3 is 2.14 bits per heavy atom. The van der Waals surface area contributed by atoms with Gasteiger partial charge in [0.15, 0.2) is 0 Å². The zero-order chi connectivity index (χ0) is 24.2. The van der Waals surface area contributed by atoms with Crippen LogP contribution in [0.1, 0.15) is 21.5 Å². The molecule has 0 saturated carbocycles. The molecule has 0 bridgehead atoms. The monoisotopic (exact) mass is 498 g/mol. The molecule has 6 heteroatoms. The molecule has 0 aliphatic carbocycles. The molecular weight excluding hydrogens is 479 g/mol. The Morgan fingerprint density at radius 1 is 0.829 bits per heavy atom. The van der Waals surface area contributed by atoms with Gasteiger partial charge in [-0.2, -0.15) is 5.10 Å². The van der Waals surface area contributed by atoms with Gasteiger partial charge in [-0.1, -0.05) is 77.8 Å². The number of carbonyl (C=O) groups is 1. The normalized spacial score (nSPS) is 11.3. The van der Waals surface area contributed by atoms with E-state index in [2.05, 4.69) is 40.9 Å². The number of carbonyl (C=O) groups excluding carboxylic acids is 1. The van der Waals surface area contributed by atoms with Gasteiger partial charge in [-0.05, 0) is 64.0 Å². The third-order valence-electron chi connectivity index (χ3n) is 5.70. The van der Waals surface area contributed by atoms with E-state index >= 15 is 0 Å². The maximum absolute atomic E-state index is 12.6. The van der Waals surface area contributed by atoms with Crippen LogP contribution in [0.25, 0.3) is 21.5 Å². The SMILES string of the molecule is O=C(N/N=C\c1c2ccccc2cc2ccccc12)c1ccc(OCc2ccc(Cl)cc2Cl)cc1. The summed E-state index contributed by atoms with van der Waals surface area (Å²) in [6.07, 6.45) is 1.70. The molecule has 0 aliphatic rings. The van der Waals surface area contributed by atoms with Gasteiger partial charge in [-0.3, -0.25) is 4.79 Å². The maximum atomic E-state index is 12.6. The van der Waals surface area contributed by atoms with Crippen LogP contribution in [0.3, 0.4) is 0 Å². The Bertz CT molecular complexity index is 1510. The summed E-state index contributed by atoms with van der Waals surface area (Å²) in [5, 5.41) is 9.76. The molecule has 0 aromatic heterocycles. The lowest BCUT2D eigenvalue weighted by atomic mass is 9.97. The topological polar surface area (TPSA) is 50.7 Å². The van der Waals surface area contributed by atoms with E-state index in [1.54, 1.807) is 42.6 Å². The van der Waals surface area contributed by atoms with Crippen LogP contribution in [-0.4, -0.2) is 12.1 Å². The number of ether oxygens (including phenoxy) is 1. The van der Waals surface area contributed by atoms with Crippen molar-refractivity contribution in [2.45, 2.75) is 6.61 Å². The number of halogens is 2. The van der Waals surface area contributed by atoms with Gasteiger partial charge in [-0.15, -0.1) is 0 Å². The van der Waals surface area contributed by atoms with Crippen LogP contribution in [0.2, 0.25) is 10.0 Å². The van der Waals surface area contributed by atoms with Crippen LogP contribution in [0.5, 0.6) is 5.75 Å². The summed E-state index contributed by atoms with van der Waals surface area (Å²) in [6, 6.07) is 30.6. The molecule has 0 unspecified atom stereocenters. The Labute approximate surface area is 212 Å². The molecule has 35 heavy (non-hydrogen) atoms. The lowest BCUT2D eigenvalue weighted by Gasteiger charge is -2.09. The highest BCUT2D eigenvalue weighted by atomic mass is 35.5. The first-order valence-corrected chi connectivity index (χ1v) is 11.7. The van der Waals surface area contributed by atoms with E-state index in [1.165, 1.54) is 0 Å². The number of hydrogen-bond donors (Lipinski definition) is 1. The molecule has 4 nitrogen and oxygen atoms in total. The Morgan fingerprint density at radius 2 is 1.49 bits per heavy atom. The molecule has 0 radical (unpaired) electrons. The maximum Gasteiger partial charge on any atom is 0.271 e. The average Bonchev–Trinajstić information content (AvgIpc) is 2.88. The molecule has 0 saturated heterocycles. The van der Waals surface area contributed by atoms with Crippen LogP contribution < -0.4 is 10.2 Å². The Hall–Kier alpha value is -3.86. The summed E-state index contributed by atoms with van der Waals surface area (Å²) in [5.74, 6) is 0.316. The number of hydrazone groups is 1. The predicted octanol–water partition coefficient (Wildman–Crippen LogP) is 7.64. The number of nitrogens with one attached hydrogen (secondary N) is 1. The highest BCUT2D eigenvalue weighted by Gasteiger charge is 2.08. The fourth-order valence-electron chi connectivity index (χ4n) is 3.91. The van der Waals surface area contributed by atoms with Crippen molar-refractivity contribution in [3.8, 4) is 5.75 Å². The van der Waals surface area contributed by atoms with Crippen molar-refractivity contribution in [2.24, 2.45) is 5.10 Å². The quantitative estimate of drug-likeness (QED) is 0.148. The van der Waals surface area contributed by atoms with Crippen LogP contribution >= 0.6 is 23.2 Å². The summed E-state index contributed by atoms with van der Waals surface area (Å²) in [6.45, 7) is 0.296. The number of hydrogen-bond acceptors (Lipinski definition) is 3. The minimum Gasteiger partial charge on any atom is -0.489 e. The minimum atomic E-state index is -0.307. The van der Waals surface area contributed by atoms with Crippen molar-refractivity contribution in [3.05, 3.63) is 124 Å². The third-order valence-corrected chi connectivity index (χ3v) is 6.29. The van der Waals surface area contributed by atoms with Crippen molar-refractivity contribution in [3.63, 3.8) is 0 Å². The predicted molar refractivity (Wildman–Crippen MR) is 144 cm³/mol. The van der Waals surface area contributed by atoms with Crippen LogP contribution in [0.4, 0.5) is 0 Å². The fraction of sp³-hybridized carbons (Fsp3) is 0.0345. The van der Waals surface area contributed by atoms with Gasteiger partial charge in [0, 0.05) is 26.7 Å². The number of amides is 1. The van der Waals surface area contributed by atoms with E-state index < -0.39 is 0 Å². The molecule has 0 heterocycles. The molecule has 1 amide bonds. The van der Waals surface area contributed by atoms with Crippen molar-refractivity contribution >= 4 is 56.9 Å². The Kier molecular flexibility index (Phi) is 6.66. The van der Waals surface area contributed by atoms with E-state index in [0.717, 1.165) is 32.7 Å². The summed E-state index contributed by atoms with van der Waals surface area (Å²) in [5.41, 5.74) is 4.89. The highest BCUT2D eigenvalue weighted by molar-refractivity contribution is 6.35. The standard InChI is InChI=1S/C29H20Cl2N2O2/c30-23-12-9-22(28(31)16-23)18-35-24-13-10-19(11-14-24)29(34)33-32-17-27-25-7-3-1-5-20(25)15-21-6-2-4-8-26(21)27/h1-17H,18H2,(H,33,34)/b32-17-. The molecule has 0 aliphatic heterocycles. The van der Waals surface area contributed by atoms with Crippen LogP contribution in [-0.2, 0) is 6.61 Å². The molecule has 0 fully saturated rings. The first-order chi connectivity index (χ1) is 17.1. The smallest absolute Gasteiger partial charge is 0.271 e. The summed E-state index contributed by atoms with van der Waals surface area (Å²) >= 11 is 12.1. The van der Waals surface area contributed by atoms with E-state index in [4.69, 9.17) is 27.9 Å². The van der Waals surface area contributed by atoms with Gasteiger partial charge in [0.1, 0.15) is 12.4 Å². The molecule has 0 atom stereocenters. The first-order valence-electron chi connectivity index (χ1n) is 11.0. The second kappa shape index (κ2) is 10.2. The molecule has 5 aromatic rings. The molecular formula is C29H20Cl2N2O2. The summed E-state index contributed by atoms with van der Waals surface area (Å²) in [7, 11) is 0. The van der Waals surface area contributed by atoms with Gasteiger partial charge in [0.25, 0.3) is 5.91 Å². The second-order valence-corrected chi connectivity index (χ2v) is 8.82. The van der Waals surface area contributed by atoms with E-state index in [-0.39, 0.29) is 5.91 Å². The summed E-state index contributed by atoms with van der Waals surface area (Å²) < 4.78 is 5.78. The second-order valence-electron chi connectivity index (χ2n) is 7.98. The van der Waals surface area contributed by atoms with Gasteiger partial charge in [0.05, 0.1) is 6.21 Å². The number of benzene rings is 5. The molecule has 5 rings (SSSR count). The molecule has 5 aromatic carbocycles. The lowest BCUT2D eigenvalue weighted by Crippen LogP contribution is -2.17. The largest absolute Gasteiger partial charge is 0.489 e. The van der Waals surface area contributed by atoms with Crippen LogP contribution in [0, 0.1) is 0 Å². The average molecular weight is 499 g/mol. The van der Waals surface area contributed by atoms with Gasteiger partial charge in [-0.25, -0.2) is 5.43 Å². The fourth-order valence-corrected chi connectivity index (χ4v) is 4.37. The highest BCUT2D eigenvalue weighted by Crippen LogP contribution is 2.27. The van der Waals surface area contributed by atoms with Crippen molar-refractivity contribution in [1.29, 1.82) is 0 Å². The Balaban J connectivity index is 1.28. The number of fused-ring (bicyclic) bond motifs is 2. The number of rotatable bonds is 6. The molecule has 0 spiro atoms. The van der Waals surface area contributed by atoms with E-state index in [9.17, 15) is 4.79 Å². The van der Waals surface area contributed by atoms with Gasteiger partial charge in [0.2, 0.25) is 0 Å². The lowest BCUT2D eigenvalue weighted by molar-refractivity contribution is 0.0955. The third kappa shape index (κ3) is 5.14. The molecule has 172 valence electrons. The molecule has 1 N–H and O–H groups in total.